The number of halogens is 6. The molecule has 2 aromatic heterocycles. The van der Waals surface area contributed by atoms with Gasteiger partial charge in [-0.1, -0.05) is 88.4 Å². The number of benzene rings is 4. The molecule has 0 saturated carbocycles. The van der Waals surface area contributed by atoms with E-state index in [0.717, 1.165) is 181 Å². The third-order valence-electron chi connectivity index (χ3n) is 20.8. The van der Waals surface area contributed by atoms with Crippen LogP contribution in [0.25, 0.3) is 21.8 Å². The first-order valence-corrected chi connectivity index (χ1v) is 32.0. The number of carbonyl (C=O) groups excluding carboxylic acids is 1. The van der Waals surface area contributed by atoms with Crippen molar-refractivity contribution >= 4 is 33.7 Å². The van der Waals surface area contributed by atoms with Crippen LogP contribution < -0.4 is 11.1 Å². The molecule has 4 aliphatic heterocycles. The van der Waals surface area contributed by atoms with Crippen LogP contribution in [0.4, 0.5) is 26.3 Å². The fourth-order valence-electron chi connectivity index (χ4n) is 15.0. The van der Waals surface area contributed by atoms with E-state index in [-0.39, 0.29) is 23.8 Å². The molecule has 6 aromatic rings. The second kappa shape index (κ2) is 26.8. The number of nitrogens with zero attached hydrogens (tertiary/aromatic N) is 4. The Morgan fingerprint density at radius 2 is 0.966 bits per heavy atom. The number of aliphatic carboxylic acids is 1. The number of hydrogen-bond donors (Lipinski definition) is 5. The number of carbonyl (C=O) groups is 2. The van der Waals surface area contributed by atoms with E-state index in [0.29, 0.717) is 41.5 Å². The minimum Gasteiger partial charge on any atom is -0.481 e. The van der Waals surface area contributed by atoms with Crippen LogP contribution in [0, 0.1) is 34.5 Å². The number of fused-ring (bicyclic) bond motifs is 8. The molecule has 6 aliphatic rings. The van der Waals surface area contributed by atoms with E-state index in [4.69, 9.17) is 5.73 Å². The Morgan fingerprint density at radius 1 is 0.563 bits per heavy atom. The normalized spacial score (nSPS) is 23.8. The van der Waals surface area contributed by atoms with Gasteiger partial charge < -0.3 is 35.9 Å². The number of H-pyrrole nitrogens is 2. The molecule has 87 heavy (non-hydrogen) atoms. The quantitative estimate of drug-likeness (QED) is 0.0721. The minimum absolute atomic E-state index is 0.138. The molecule has 0 radical (unpaired) electrons. The molecule has 2 aliphatic carbocycles. The predicted molar refractivity (Wildman–Crippen MR) is 333 cm³/mol. The van der Waals surface area contributed by atoms with Crippen LogP contribution in [0.3, 0.4) is 0 Å². The number of rotatable bonds is 13. The molecule has 4 aromatic carbocycles. The molecule has 4 saturated heterocycles. The number of nitrogens with two attached hydrogens (primary N) is 1. The van der Waals surface area contributed by atoms with Gasteiger partial charge in [-0.3, -0.25) is 19.4 Å². The summed E-state index contributed by atoms with van der Waals surface area (Å²) >= 11 is 0. The van der Waals surface area contributed by atoms with Crippen LogP contribution in [-0.2, 0) is 47.9 Å². The first kappa shape index (κ1) is 64.3. The van der Waals surface area contributed by atoms with Gasteiger partial charge >= 0.3 is 18.3 Å². The Bertz CT molecular complexity index is 3270. The number of carboxylic acid groups (broad SMARTS) is 1. The lowest BCUT2D eigenvalue weighted by molar-refractivity contribution is -0.147. The smallest absolute Gasteiger partial charge is 0.416 e. The molecular formula is C70H92F6N8O3. The number of amides is 1. The summed E-state index contributed by atoms with van der Waals surface area (Å²) in [4.78, 5) is 41.4. The second-order valence-electron chi connectivity index (χ2n) is 27.7. The number of piperidine rings is 4. The van der Waals surface area contributed by atoms with Crippen molar-refractivity contribution in [2.24, 2.45) is 40.2 Å². The maximum atomic E-state index is 13.5. The van der Waals surface area contributed by atoms with Crippen LogP contribution in [0.2, 0.25) is 0 Å². The van der Waals surface area contributed by atoms with Crippen LogP contribution in [0.5, 0.6) is 0 Å². The first-order chi connectivity index (χ1) is 41.3. The third kappa shape index (κ3) is 15.5. The lowest BCUT2D eigenvalue weighted by Gasteiger charge is -2.45. The first-order valence-electron chi connectivity index (χ1n) is 32.0. The van der Waals surface area contributed by atoms with Crippen molar-refractivity contribution in [3.8, 4) is 0 Å². The lowest BCUT2D eigenvalue weighted by atomic mass is 9.68. The fourth-order valence-corrected chi connectivity index (χ4v) is 15.0. The summed E-state index contributed by atoms with van der Waals surface area (Å²) in [5, 5.41) is 14.1. The van der Waals surface area contributed by atoms with E-state index in [9.17, 15) is 41.0 Å². The Hall–Kier alpha value is -5.72. The summed E-state index contributed by atoms with van der Waals surface area (Å²) in [7, 11) is 0. The fraction of sp³-hybridized carbons (Fsp3) is 0.571. The number of aromatic amines is 2. The SMILES string of the molecule is C[C@H]1c2c([nH]c3ccc(C(F)(F)F)cc23)C[C@H]2CCN(CCC(C)(C)C(=O)NC3CCN(Cc4ccccc4)CC3)C[C@@H]21.C[C@H]1c2c([nH]c3ccc(C(F)(F)F)cc23)C[C@H]2CCN(CCC(C)(C)C(=O)O)C[C@@H]21.NC1CCN(Cc2ccccc2)CC1. The summed E-state index contributed by atoms with van der Waals surface area (Å²) in [5.41, 5.74) is 12.1. The lowest BCUT2D eigenvalue weighted by Crippen LogP contribution is -2.49. The molecule has 6 heterocycles. The van der Waals surface area contributed by atoms with E-state index in [1.807, 2.05) is 6.07 Å². The zero-order valence-electron chi connectivity index (χ0n) is 51.8. The molecule has 12 rings (SSSR count). The zero-order valence-corrected chi connectivity index (χ0v) is 51.8. The number of alkyl halides is 6. The monoisotopic (exact) mass is 1210 g/mol. The largest absolute Gasteiger partial charge is 0.481 e. The maximum Gasteiger partial charge on any atom is 0.416 e. The molecule has 6 N–H and O–H groups in total. The molecule has 0 spiro atoms. The number of hydrogen-bond acceptors (Lipinski definition) is 7. The molecular weight excluding hydrogens is 1110 g/mol. The van der Waals surface area contributed by atoms with Gasteiger partial charge in [0.05, 0.1) is 16.5 Å². The average molecular weight is 1210 g/mol. The molecule has 17 heteroatoms. The van der Waals surface area contributed by atoms with Crippen molar-refractivity contribution in [3.05, 3.63) is 142 Å². The topological polar surface area (TPSA) is 137 Å². The Morgan fingerprint density at radius 3 is 1.38 bits per heavy atom. The zero-order chi connectivity index (χ0) is 62.0. The summed E-state index contributed by atoms with van der Waals surface area (Å²) in [6, 6.07) is 29.9. The van der Waals surface area contributed by atoms with Gasteiger partial charge in [0.25, 0.3) is 0 Å². The number of carboxylic acids is 1. The highest BCUT2D eigenvalue weighted by molar-refractivity contribution is 5.87. The Kier molecular flexibility index (Phi) is 19.8. The highest BCUT2D eigenvalue weighted by Gasteiger charge is 2.43. The average Bonchev–Trinajstić information content (AvgIpc) is 1.72. The van der Waals surface area contributed by atoms with E-state index in [1.54, 1.807) is 26.0 Å². The second-order valence-corrected chi connectivity index (χ2v) is 27.7. The number of likely N-dealkylation sites (tertiary alicyclic amines) is 4. The van der Waals surface area contributed by atoms with Crippen LogP contribution in [-0.4, -0.2) is 124 Å². The minimum atomic E-state index is -4.35. The van der Waals surface area contributed by atoms with Crippen LogP contribution in [0.15, 0.2) is 97.1 Å². The standard InChI is InChI=1S/C35H45F3N4O.C23H29F3N2O2.C12H18N2/c1-23-29-22-42(15-11-25(29)19-31-32(23)28-20-26(35(36,37)38)9-10-30(28)40-31)18-14-34(2,3)33(43)39-27-12-16-41(17-13-27)21-24-7-5-4-6-8-24;1-13-17-12-28(9-7-22(2,3)21(29)30)8-6-14(17)10-19-20(13)16-11-15(23(24,25)26)4-5-18(16)27-19;13-12-6-8-14(9-7-12)10-11-4-2-1-3-5-11/h4-10,20,23,25,27,29,40H,11-19,21-22H2,1-3H3,(H,39,43);4-5,11,13-14,17,27H,6-10,12H2,1-3H3,(H,29,30);1-5,12H,6-10,13H2/t23-,25-,29-;13-,14-,17-;/m11./s1. The summed E-state index contributed by atoms with van der Waals surface area (Å²) < 4.78 is 80.2. The summed E-state index contributed by atoms with van der Waals surface area (Å²) in [6.07, 6.45) is 0.782. The van der Waals surface area contributed by atoms with Crippen molar-refractivity contribution in [1.82, 2.24) is 34.9 Å². The summed E-state index contributed by atoms with van der Waals surface area (Å²) in [6.45, 7) is 23.6. The number of aromatic nitrogens is 2. The van der Waals surface area contributed by atoms with E-state index >= 15 is 0 Å². The van der Waals surface area contributed by atoms with Gasteiger partial charge in [-0.05, 0) is 211 Å². The van der Waals surface area contributed by atoms with Gasteiger partial charge in [0.2, 0.25) is 5.91 Å². The van der Waals surface area contributed by atoms with Gasteiger partial charge in [0.15, 0.2) is 0 Å². The highest BCUT2D eigenvalue weighted by atomic mass is 19.4. The highest BCUT2D eigenvalue weighted by Crippen LogP contribution is 2.49. The van der Waals surface area contributed by atoms with E-state index in [2.05, 4.69) is 117 Å². The maximum absolute atomic E-state index is 13.5. The Labute approximate surface area is 510 Å². The van der Waals surface area contributed by atoms with Gasteiger partial charge in [0, 0.05) is 90.0 Å². The molecule has 1 amide bonds. The van der Waals surface area contributed by atoms with Gasteiger partial charge in [-0.25, -0.2) is 0 Å². The molecule has 0 bridgehead atoms. The molecule has 11 nitrogen and oxygen atoms in total. The van der Waals surface area contributed by atoms with E-state index in [1.165, 1.54) is 29.3 Å². The van der Waals surface area contributed by atoms with Crippen molar-refractivity contribution in [3.63, 3.8) is 0 Å². The van der Waals surface area contributed by atoms with Gasteiger partial charge in [-0.2, -0.15) is 26.3 Å². The third-order valence-corrected chi connectivity index (χ3v) is 20.8. The van der Waals surface area contributed by atoms with E-state index < -0.39 is 40.3 Å². The van der Waals surface area contributed by atoms with Crippen LogP contribution in [0.1, 0.15) is 150 Å². The van der Waals surface area contributed by atoms with Crippen molar-refractivity contribution in [1.29, 1.82) is 0 Å². The predicted octanol–water partition coefficient (Wildman–Crippen LogP) is 13.9. The van der Waals surface area contributed by atoms with Crippen molar-refractivity contribution < 1.29 is 41.0 Å². The summed E-state index contributed by atoms with van der Waals surface area (Å²) in [5.74, 6) is 1.49. The van der Waals surface area contributed by atoms with Gasteiger partial charge in [0.1, 0.15) is 0 Å². The molecule has 4 fully saturated rings. The Balaban J connectivity index is 0.000000164. The molecule has 472 valence electrons. The van der Waals surface area contributed by atoms with Crippen molar-refractivity contribution in [2.45, 2.75) is 155 Å². The number of nitrogens with one attached hydrogen (secondary N) is 3. The molecule has 6 atom stereocenters. The molecule has 0 unspecified atom stereocenters. The van der Waals surface area contributed by atoms with Crippen LogP contribution >= 0.6 is 0 Å². The van der Waals surface area contributed by atoms with Gasteiger partial charge in [-0.15, -0.1) is 0 Å². The van der Waals surface area contributed by atoms with Crippen molar-refractivity contribution in [2.75, 3.05) is 65.4 Å².